The lowest BCUT2D eigenvalue weighted by atomic mass is 9.94. The van der Waals surface area contributed by atoms with Gasteiger partial charge >= 0.3 is 0 Å². The maximum Gasteiger partial charge on any atom is 0.0497 e. The van der Waals surface area contributed by atoms with Crippen LogP contribution in [0.4, 0.5) is 17.1 Å². The van der Waals surface area contributed by atoms with E-state index in [1.165, 1.54) is 72.7 Å². The van der Waals surface area contributed by atoms with Gasteiger partial charge in [0.15, 0.2) is 0 Å². The first-order valence-corrected chi connectivity index (χ1v) is 12.8. The van der Waals surface area contributed by atoms with Crippen LogP contribution in [-0.2, 0) is 6.42 Å². The van der Waals surface area contributed by atoms with Crippen molar-refractivity contribution in [2.75, 3.05) is 4.90 Å². The number of nitrogens with zero attached hydrogens (tertiary/aromatic N) is 1. The predicted molar refractivity (Wildman–Crippen MR) is 154 cm³/mol. The third-order valence-corrected chi connectivity index (χ3v) is 7.63. The van der Waals surface area contributed by atoms with E-state index in [0.29, 0.717) is 0 Å². The topological polar surface area (TPSA) is 3.24 Å². The fourth-order valence-corrected chi connectivity index (χ4v) is 5.66. The largest absolute Gasteiger partial charge is 0.310 e. The van der Waals surface area contributed by atoms with Crippen LogP contribution in [0.15, 0.2) is 103 Å². The van der Waals surface area contributed by atoms with Crippen LogP contribution >= 0.6 is 0 Å². The molecule has 0 fully saturated rings. The van der Waals surface area contributed by atoms with E-state index < -0.39 is 0 Å². The minimum absolute atomic E-state index is 1.01. The standard InChI is InChI=1S/C35H31N/c1-23-16-17-27-21-28-18-19-29(22-33(28)32(27)20-23)36(34-14-8-6-11-25(34)3)35-15-9-13-31(26(35)4)30-12-7-5-10-24(30)2/h5-20,22H,21H2,1-4H3. The van der Waals surface area contributed by atoms with Gasteiger partial charge < -0.3 is 4.90 Å². The Kier molecular flexibility index (Phi) is 5.49. The number of hydrogen-bond donors (Lipinski definition) is 0. The zero-order chi connectivity index (χ0) is 24.8. The van der Waals surface area contributed by atoms with Crippen LogP contribution in [0.3, 0.4) is 0 Å². The van der Waals surface area contributed by atoms with E-state index in [1.54, 1.807) is 0 Å². The minimum Gasteiger partial charge on any atom is -0.310 e. The SMILES string of the molecule is Cc1ccc2c(c1)-c1cc(N(c3ccccc3C)c3cccc(-c4ccccc4C)c3C)ccc1C2. The van der Waals surface area contributed by atoms with Crippen molar-refractivity contribution in [2.24, 2.45) is 0 Å². The van der Waals surface area contributed by atoms with Gasteiger partial charge in [-0.2, -0.15) is 0 Å². The van der Waals surface area contributed by atoms with E-state index in [2.05, 4.69) is 136 Å². The second-order valence-electron chi connectivity index (χ2n) is 10.1. The second kappa shape index (κ2) is 8.84. The lowest BCUT2D eigenvalue weighted by molar-refractivity contribution is 1.21. The Bertz CT molecular complexity index is 1610. The molecule has 0 atom stereocenters. The summed E-state index contributed by atoms with van der Waals surface area (Å²) in [6, 6.07) is 38.0. The van der Waals surface area contributed by atoms with Gasteiger partial charge in [-0.15, -0.1) is 0 Å². The molecule has 0 amide bonds. The Morgan fingerprint density at radius 3 is 1.92 bits per heavy atom. The number of hydrogen-bond acceptors (Lipinski definition) is 1. The third kappa shape index (κ3) is 3.72. The smallest absolute Gasteiger partial charge is 0.0497 e. The monoisotopic (exact) mass is 465 g/mol. The highest BCUT2D eigenvalue weighted by Crippen LogP contribution is 2.45. The highest BCUT2D eigenvalue weighted by molar-refractivity contribution is 5.88. The highest BCUT2D eigenvalue weighted by Gasteiger charge is 2.23. The summed E-state index contributed by atoms with van der Waals surface area (Å²) in [5.74, 6) is 0. The number of benzene rings is 5. The lowest BCUT2D eigenvalue weighted by Gasteiger charge is -2.30. The van der Waals surface area contributed by atoms with Crippen molar-refractivity contribution >= 4 is 17.1 Å². The molecular weight excluding hydrogens is 434 g/mol. The molecule has 0 heterocycles. The van der Waals surface area contributed by atoms with Crippen LogP contribution in [0, 0.1) is 27.7 Å². The van der Waals surface area contributed by atoms with E-state index >= 15 is 0 Å². The van der Waals surface area contributed by atoms with Gasteiger partial charge in [-0.1, -0.05) is 84.4 Å². The van der Waals surface area contributed by atoms with Crippen molar-refractivity contribution in [1.82, 2.24) is 0 Å². The summed E-state index contributed by atoms with van der Waals surface area (Å²) in [4.78, 5) is 2.44. The average molecular weight is 466 g/mol. The molecule has 176 valence electrons. The molecule has 5 aromatic carbocycles. The Morgan fingerprint density at radius 1 is 0.500 bits per heavy atom. The molecule has 36 heavy (non-hydrogen) atoms. The summed E-state index contributed by atoms with van der Waals surface area (Å²) in [5.41, 5.74) is 16.9. The van der Waals surface area contributed by atoms with E-state index in [1.807, 2.05) is 0 Å². The number of rotatable bonds is 4. The van der Waals surface area contributed by atoms with Crippen LogP contribution in [0.1, 0.15) is 33.4 Å². The molecule has 1 aliphatic carbocycles. The van der Waals surface area contributed by atoms with Gasteiger partial charge in [0.25, 0.3) is 0 Å². The second-order valence-corrected chi connectivity index (χ2v) is 10.1. The number of fused-ring (bicyclic) bond motifs is 3. The first-order chi connectivity index (χ1) is 17.5. The van der Waals surface area contributed by atoms with Crippen molar-refractivity contribution in [3.8, 4) is 22.3 Å². The molecule has 5 aromatic rings. The normalized spacial score (nSPS) is 11.8. The van der Waals surface area contributed by atoms with E-state index in [-0.39, 0.29) is 0 Å². The number of anilines is 3. The van der Waals surface area contributed by atoms with Crippen molar-refractivity contribution in [1.29, 1.82) is 0 Å². The zero-order valence-electron chi connectivity index (χ0n) is 21.5. The molecule has 0 saturated heterocycles. The average Bonchev–Trinajstić information content (AvgIpc) is 3.24. The first kappa shape index (κ1) is 22.4. The molecule has 1 nitrogen and oxygen atoms in total. The molecule has 6 rings (SSSR count). The van der Waals surface area contributed by atoms with E-state index in [4.69, 9.17) is 0 Å². The zero-order valence-corrected chi connectivity index (χ0v) is 21.5. The molecule has 0 N–H and O–H groups in total. The summed E-state index contributed by atoms with van der Waals surface area (Å²) < 4.78 is 0. The summed E-state index contributed by atoms with van der Waals surface area (Å²) in [6.45, 7) is 8.84. The Hall–Kier alpha value is -4.10. The fraction of sp³-hybridized carbons (Fsp3) is 0.143. The third-order valence-electron chi connectivity index (χ3n) is 7.63. The van der Waals surface area contributed by atoms with Gasteiger partial charge in [-0.25, -0.2) is 0 Å². The molecule has 0 unspecified atom stereocenters. The molecule has 0 aromatic heterocycles. The molecule has 0 radical (unpaired) electrons. The van der Waals surface area contributed by atoms with Crippen molar-refractivity contribution < 1.29 is 0 Å². The number of para-hydroxylation sites is 1. The van der Waals surface area contributed by atoms with Crippen LogP contribution < -0.4 is 4.90 Å². The highest BCUT2D eigenvalue weighted by atomic mass is 15.1. The Morgan fingerprint density at radius 2 is 1.14 bits per heavy atom. The molecule has 1 aliphatic rings. The first-order valence-electron chi connectivity index (χ1n) is 12.8. The summed E-state index contributed by atoms with van der Waals surface area (Å²) in [6.07, 6.45) is 1.01. The fourth-order valence-electron chi connectivity index (χ4n) is 5.66. The van der Waals surface area contributed by atoms with Crippen molar-refractivity contribution in [3.63, 3.8) is 0 Å². The van der Waals surface area contributed by atoms with Gasteiger partial charge in [0, 0.05) is 17.1 Å². The minimum atomic E-state index is 1.01. The van der Waals surface area contributed by atoms with Crippen LogP contribution in [0.25, 0.3) is 22.3 Å². The lowest BCUT2D eigenvalue weighted by Crippen LogP contribution is -2.13. The molecular formula is C35H31N. The van der Waals surface area contributed by atoms with Gasteiger partial charge in [-0.3, -0.25) is 0 Å². The molecule has 1 heteroatoms. The van der Waals surface area contributed by atoms with Gasteiger partial charge in [0.05, 0.1) is 0 Å². The van der Waals surface area contributed by atoms with Crippen molar-refractivity contribution in [3.05, 3.63) is 137 Å². The van der Waals surface area contributed by atoms with Crippen molar-refractivity contribution in [2.45, 2.75) is 34.1 Å². The van der Waals surface area contributed by atoms with Gasteiger partial charge in [-0.05, 0) is 108 Å². The maximum absolute atomic E-state index is 2.44. The van der Waals surface area contributed by atoms with Gasteiger partial charge in [0.2, 0.25) is 0 Å². The molecule has 0 bridgehead atoms. The van der Waals surface area contributed by atoms with Crippen LogP contribution in [-0.4, -0.2) is 0 Å². The van der Waals surface area contributed by atoms with Crippen LogP contribution in [0.2, 0.25) is 0 Å². The Balaban J connectivity index is 1.57. The quantitative estimate of drug-likeness (QED) is 0.250. The summed E-state index contributed by atoms with van der Waals surface area (Å²) >= 11 is 0. The summed E-state index contributed by atoms with van der Waals surface area (Å²) in [5, 5.41) is 0. The molecule has 0 spiro atoms. The van der Waals surface area contributed by atoms with Crippen LogP contribution in [0.5, 0.6) is 0 Å². The summed E-state index contributed by atoms with van der Waals surface area (Å²) in [7, 11) is 0. The van der Waals surface area contributed by atoms with Gasteiger partial charge in [0.1, 0.15) is 0 Å². The predicted octanol–water partition coefficient (Wildman–Crippen LogP) is 9.63. The number of aryl methyl sites for hydroxylation is 3. The van der Waals surface area contributed by atoms with E-state index in [9.17, 15) is 0 Å². The Labute approximate surface area is 214 Å². The maximum atomic E-state index is 2.44. The molecule has 0 saturated carbocycles. The van der Waals surface area contributed by atoms with E-state index in [0.717, 1.165) is 6.42 Å². The molecule has 0 aliphatic heterocycles.